The molecule has 14 heavy (non-hydrogen) atoms. The molecular weight excluding hydrogens is 172 g/mol. The third-order valence-corrected chi connectivity index (χ3v) is 2.68. The molecule has 0 aliphatic carbocycles. The van der Waals surface area contributed by atoms with Crippen molar-refractivity contribution in [1.29, 1.82) is 0 Å². The van der Waals surface area contributed by atoms with E-state index in [1.54, 1.807) is 0 Å². The fourth-order valence-electron chi connectivity index (χ4n) is 1.74. The Morgan fingerprint density at radius 1 is 1.29 bits per heavy atom. The van der Waals surface area contributed by atoms with Crippen molar-refractivity contribution in [1.82, 2.24) is 0 Å². The maximum absolute atomic E-state index is 5.59. The topological polar surface area (TPSA) is 29.3 Å². The molecule has 0 bridgehead atoms. The minimum Gasteiger partial charge on any atom is -0.372 e. The molecule has 0 aliphatic rings. The largest absolute Gasteiger partial charge is 0.372 e. The number of hydrogen-bond acceptors (Lipinski definition) is 2. The maximum atomic E-state index is 5.59. The van der Waals surface area contributed by atoms with Crippen molar-refractivity contribution in [2.24, 2.45) is 5.73 Å². The van der Waals surface area contributed by atoms with Gasteiger partial charge in [-0.2, -0.15) is 0 Å². The first-order chi connectivity index (χ1) is 6.79. The number of nitrogens with zero attached hydrogens (tertiary/aromatic N) is 1. The third kappa shape index (κ3) is 2.74. The van der Waals surface area contributed by atoms with Crippen LogP contribution in [0.25, 0.3) is 0 Å². The van der Waals surface area contributed by atoms with E-state index in [0.29, 0.717) is 6.04 Å². The van der Waals surface area contributed by atoms with Crippen molar-refractivity contribution in [2.45, 2.75) is 25.8 Å². The van der Waals surface area contributed by atoms with Gasteiger partial charge < -0.3 is 10.6 Å². The molecule has 1 aromatic carbocycles. The number of nitrogens with two attached hydrogens (primary N) is 1. The number of rotatable bonds is 5. The van der Waals surface area contributed by atoms with Crippen molar-refractivity contribution in [2.75, 3.05) is 18.5 Å². The monoisotopic (exact) mass is 192 g/mol. The zero-order chi connectivity index (χ0) is 10.4. The molecule has 0 saturated carbocycles. The Hall–Kier alpha value is -1.02. The molecule has 2 heteroatoms. The molecule has 0 spiro atoms. The fraction of sp³-hybridized carbons (Fsp3) is 0.500. The average molecular weight is 192 g/mol. The molecule has 78 valence electrons. The Morgan fingerprint density at radius 3 is 2.43 bits per heavy atom. The molecule has 1 atom stereocenters. The van der Waals surface area contributed by atoms with E-state index in [2.05, 4.69) is 43.1 Å². The predicted octanol–water partition coefficient (Wildman–Crippen LogP) is 2.25. The van der Waals surface area contributed by atoms with Crippen molar-refractivity contribution < 1.29 is 0 Å². The lowest BCUT2D eigenvalue weighted by molar-refractivity contribution is 0.571. The SMILES string of the molecule is CCC(CCN)N(C)c1ccccc1. The molecular formula is C12H20N2. The van der Waals surface area contributed by atoms with Crippen LogP contribution in [0.4, 0.5) is 5.69 Å². The summed E-state index contributed by atoms with van der Waals surface area (Å²) in [4.78, 5) is 2.31. The highest BCUT2D eigenvalue weighted by atomic mass is 15.1. The molecule has 1 rings (SSSR count). The van der Waals surface area contributed by atoms with Gasteiger partial charge in [-0.25, -0.2) is 0 Å². The van der Waals surface area contributed by atoms with E-state index < -0.39 is 0 Å². The Balaban J connectivity index is 2.67. The molecule has 0 fully saturated rings. The molecule has 0 heterocycles. The second-order valence-corrected chi connectivity index (χ2v) is 3.59. The van der Waals surface area contributed by atoms with E-state index in [1.165, 1.54) is 5.69 Å². The van der Waals surface area contributed by atoms with Gasteiger partial charge in [0.15, 0.2) is 0 Å². The summed E-state index contributed by atoms with van der Waals surface area (Å²) in [5, 5.41) is 0. The van der Waals surface area contributed by atoms with Crippen LogP contribution in [0.2, 0.25) is 0 Å². The van der Waals surface area contributed by atoms with Crippen LogP contribution in [0, 0.1) is 0 Å². The van der Waals surface area contributed by atoms with Crippen molar-refractivity contribution in [3.63, 3.8) is 0 Å². The van der Waals surface area contributed by atoms with Crippen LogP contribution < -0.4 is 10.6 Å². The minimum absolute atomic E-state index is 0.558. The van der Waals surface area contributed by atoms with Crippen molar-refractivity contribution in [3.8, 4) is 0 Å². The molecule has 1 unspecified atom stereocenters. The summed E-state index contributed by atoms with van der Waals surface area (Å²) in [6.45, 7) is 2.97. The number of hydrogen-bond donors (Lipinski definition) is 1. The molecule has 0 aromatic heterocycles. The normalized spacial score (nSPS) is 12.5. The van der Waals surface area contributed by atoms with Crippen LogP contribution in [0.15, 0.2) is 30.3 Å². The number of anilines is 1. The van der Waals surface area contributed by atoms with Gasteiger partial charge in [-0.15, -0.1) is 0 Å². The summed E-state index contributed by atoms with van der Waals surface area (Å²) in [5.41, 5.74) is 6.87. The van der Waals surface area contributed by atoms with E-state index in [9.17, 15) is 0 Å². The lowest BCUT2D eigenvalue weighted by Gasteiger charge is -2.29. The van der Waals surface area contributed by atoms with Crippen LogP contribution in [-0.4, -0.2) is 19.6 Å². The smallest absolute Gasteiger partial charge is 0.0366 e. The van der Waals surface area contributed by atoms with Crippen LogP contribution in [0.1, 0.15) is 19.8 Å². The van der Waals surface area contributed by atoms with Gasteiger partial charge in [0.1, 0.15) is 0 Å². The van der Waals surface area contributed by atoms with E-state index in [1.807, 2.05) is 6.07 Å². The van der Waals surface area contributed by atoms with Crippen LogP contribution >= 0.6 is 0 Å². The summed E-state index contributed by atoms with van der Waals surface area (Å²) in [7, 11) is 2.14. The second-order valence-electron chi connectivity index (χ2n) is 3.59. The van der Waals surface area contributed by atoms with Gasteiger partial charge >= 0.3 is 0 Å². The van der Waals surface area contributed by atoms with Gasteiger partial charge in [-0.05, 0) is 31.5 Å². The first-order valence-corrected chi connectivity index (χ1v) is 5.27. The zero-order valence-electron chi connectivity index (χ0n) is 9.11. The van der Waals surface area contributed by atoms with E-state index in [4.69, 9.17) is 5.73 Å². The molecule has 0 saturated heterocycles. The Kier molecular flexibility index (Phi) is 4.47. The quantitative estimate of drug-likeness (QED) is 0.775. The van der Waals surface area contributed by atoms with Gasteiger partial charge in [-0.1, -0.05) is 25.1 Å². The maximum Gasteiger partial charge on any atom is 0.0366 e. The Labute approximate surface area is 86.7 Å². The van der Waals surface area contributed by atoms with Crippen molar-refractivity contribution >= 4 is 5.69 Å². The second kappa shape index (κ2) is 5.66. The summed E-state index contributed by atoms with van der Waals surface area (Å²) in [6, 6.07) is 11.0. The molecule has 0 amide bonds. The van der Waals surface area contributed by atoms with Crippen LogP contribution in [-0.2, 0) is 0 Å². The molecule has 0 aliphatic heterocycles. The lowest BCUT2D eigenvalue weighted by atomic mass is 10.1. The third-order valence-electron chi connectivity index (χ3n) is 2.68. The highest BCUT2D eigenvalue weighted by Crippen LogP contribution is 2.17. The van der Waals surface area contributed by atoms with Crippen molar-refractivity contribution in [3.05, 3.63) is 30.3 Å². The zero-order valence-corrected chi connectivity index (χ0v) is 9.11. The average Bonchev–Trinajstić information content (AvgIpc) is 2.26. The van der Waals surface area contributed by atoms with E-state index in [-0.39, 0.29) is 0 Å². The summed E-state index contributed by atoms with van der Waals surface area (Å²) >= 11 is 0. The fourth-order valence-corrected chi connectivity index (χ4v) is 1.74. The van der Waals surface area contributed by atoms with Gasteiger partial charge in [-0.3, -0.25) is 0 Å². The van der Waals surface area contributed by atoms with Gasteiger partial charge in [0, 0.05) is 18.8 Å². The number of benzene rings is 1. The lowest BCUT2D eigenvalue weighted by Crippen LogP contribution is -2.32. The summed E-state index contributed by atoms with van der Waals surface area (Å²) in [6.07, 6.45) is 2.20. The minimum atomic E-state index is 0.558. The van der Waals surface area contributed by atoms with Crippen LogP contribution in [0.3, 0.4) is 0 Å². The van der Waals surface area contributed by atoms with Gasteiger partial charge in [0.2, 0.25) is 0 Å². The highest BCUT2D eigenvalue weighted by molar-refractivity contribution is 5.46. The molecule has 0 radical (unpaired) electrons. The molecule has 2 N–H and O–H groups in total. The first-order valence-electron chi connectivity index (χ1n) is 5.27. The van der Waals surface area contributed by atoms with Gasteiger partial charge in [0.25, 0.3) is 0 Å². The highest BCUT2D eigenvalue weighted by Gasteiger charge is 2.11. The predicted molar refractivity (Wildman–Crippen MR) is 62.6 cm³/mol. The summed E-state index contributed by atoms with van der Waals surface area (Å²) < 4.78 is 0. The molecule has 1 aromatic rings. The van der Waals surface area contributed by atoms with E-state index >= 15 is 0 Å². The van der Waals surface area contributed by atoms with Gasteiger partial charge in [0.05, 0.1) is 0 Å². The molecule has 2 nitrogen and oxygen atoms in total. The standard InChI is InChI=1S/C12H20N2/c1-3-11(9-10-13)14(2)12-7-5-4-6-8-12/h4-8,11H,3,9-10,13H2,1-2H3. The summed E-state index contributed by atoms with van der Waals surface area (Å²) in [5.74, 6) is 0. The number of para-hydroxylation sites is 1. The Bertz CT molecular complexity index is 246. The first kappa shape index (κ1) is 11.1. The van der Waals surface area contributed by atoms with Crippen LogP contribution in [0.5, 0.6) is 0 Å². The Morgan fingerprint density at radius 2 is 1.93 bits per heavy atom. The van der Waals surface area contributed by atoms with E-state index in [0.717, 1.165) is 19.4 Å².